The summed E-state index contributed by atoms with van der Waals surface area (Å²) in [7, 11) is 0. The van der Waals surface area contributed by atoms with Crippen LogP contribution in [-0.2, 0) is 0 Å². The summed E-state index contributed by atoms with van der Waals surface area (Å²) in [6.07, 6.45) is 6.21. The molecule has 0 aromatic heterocycles. The van der Waals surface area contributed by atoms with Crippen LogP contribution in [0.3, 0.4) is 0 Å². The second-order valence-electron chi connectivity index (χ2n) is 3.04. The maximum Gasteiger partial charge on any atom is 0.279 e. The summed E-state index contributed by atoms with van der Waals surface area (Å²) in [6.45, 7) is 0. The van der Waals surface area contributed by atoms with Gasteiger partial charge in [0, 0.05) is 6.04 Å². The molecule has 0 aromatic rings. The highest BCUT2D eigenvalue weighted by atomic mass is 35.5. The number of hydrogen-bond donors (Lipinski definition) is 1. The summed E-state index contributed by atoms with van der Waals surface area (Å²) >= 11 is 7.27. The molecule has 1 rings (SSSR count). The number of halogens is 1. The molecule has 1 aliphatic rings. The second-order valence-corrected chi connectivity index (χ2v) is 4.38. The molecular weight excluding hydrogens is 194 g/mol. The van der Waals surface area contributed by atoms with Crippen LogP contribution >= 0.6 is 23.4 Å². The van der Waals surface area contributed by atoms with E-state index in [9.17, 15) is 4.79 Å². The van der Waals surface area contributed by atoms with Crippen LogP contribution in [-0.4, -0.2) is 22.9 Å². The van der Waals surface area contributed by atoms with Gasteiger partial charge in [-0.3, -0.25) is 4.79 Å². The second kappa shape index (κ2) is 4.97. The monoisotopic (exact) mass is 207 g/mol. The summed E-state index contributed by atoms with van der Waals surface area (Å²) in [5, 5.41) is 3.08. The van der Waals surface area contributed by atoms with Crippen LogP contribution < -0.4 is 5.32 Å². The molecule has 0 saturated heterocycles. The number of alkyl halides is 1. The van der Waals surface area contributed by atoms with E-state index in [1.54, 1.807) is 6.26 Å². The van der Waals surface area contributed by atoms with Gasteiger partial charge in [-0.05, 0) is 19.1 Å². The highest BCUT2D eigenvalue weighted by Gasteiger charge is 2.23. The Morgan fingerprint density at radius 1 is 1.50 bits per heavy atom. The van der Waals surface area contributed by atoms with E-state index >= 15 is 0 Å². The van der Waals surface area contributed by atoms with E-state index in [1.165, 1.54) is 24.6 Å². The standard InChI is InChI=1S/C8H14ClNOS/c1-12-8(11)10-7-5-3-2-4-6(7)9/h6-7H,2-5H2,1H3,(H,10,11)/t6-,7?/m0/s1. The minimum Gasteiger partial charge on any atom is -0.343 e. The number of rotatable bonds is 1. The summed E-state index contributed by atoms with van der Waals surface area (Å²) in [4.78, 5) is 11.0. The molecule has 70 valence electrons. The molecule has 1 aliphatic carbocycles. The number of hydrogen-bond acceptors (Lipinski definition) is 2. The molecule has 0 bridgehead atoms. The predicted molar refractivity (Wildman–Crippen MR) is 53.9 cm³/mol. The van der Waals surface area contributed by atoms with E-state index in [1.807, 2.05) is 0 Å². The van der Waals surface area contributed by atoms with Crippen LogP contribution in [0.15, 0.2) is 0 Å². The van der Waals surface area contributed by atoms with E-state index < -0.39 is 0 Å². The highest BCUT2D eigenvalue weighted by Crippen LogP contribution is 2.23. The lowest BCUT2D eigenvalue weighted by Gasteiger charge is -2.27. The molecule has 2 atom stereocenters. The summed E-state index contributed by atoms with van der Waals surface area (Å²) in [5.74, 6) is 0. The van der Waals surface area contributed by atoms with Crippen LogP contribution in [0.2, 0.25) is 0 Å². The average Bonchev–Trinajstić information content (AvgIpc) is 2.09. The molecule has 0 aromatic carbocycles. The van der Waals surface area contributed by atoms with E-state index in [0.717, 1.165) is 12.8 Å². The Morgan fingerprint density at radius 3 is 2.75 bits per heavy atom. The Hall–Kier alpha value is 0.110. The van der Waals surface area contributed by atoms with Gasteiger partial charge < -0.3 is 5.32 Å². The number of nitrogens with one attached hydrogen (secondary N) is 1. The van der Waals surface area contributed by atoms with Gasteiger partial charge in [-0.1, -0.05) is 24.6 Å². The normalized spacial score (nSPS) is 29.8. The third-order valence-electron chi connectivity index (χ3n) is 2.17. The number of thioether (sulfide) groups is 1. The van der Waals surface area contributed by atoms with Crippen molar-refractivity contribution in [1.82, 2.24) is 5.32 Å². The molecule has 0 radical (unpaired) electrons. The Kier molecular flexibility index (Phi) is 4.22. The number of carbonyl (C=O) groups is 1. The highest BCUT2D eigenvalue weighted by molar-refractivity contribution is 8.12. The van der Waals surface area contributed by atoms with Crippen molar-refractivity contribution in [2.75, 3.05) is 6.26 Å². The zero-order valence-electron chi connectivity index (χ0n) is 7.18. The van der Waals surface area contributed by atoms with Gasteiger partial charge in [-0.15, -0.1) is 11.6 Å². The first kappa shape index (κ1) is 10.2. The van der Waals surface area contributed by atoms with Crippen molar-refractivity contribution in [3.05, 3.63) is 0 Å². The van der Waals surface area contributed by atoms with Gasteiger partial charge in [0.2, 0.25) is 0 Å². The minimum atomic E-state index is 0.0348. The lowest BCUT2D eigenvalue weighted by Crippen LogP contribution is -2.41. The van der Waals surface area contributed by atoms with Gasteiger partial charge >= 0.3 is 0 Å². The van der Waals surface area contributed by atoms with Crippen LogP contribution in [0.1, 0.15) is 25.7 Å². The molecule has 4 heteroatoms. The SMILES string of the molecule is CSC(=O)NC1CCCC[C@@H]1Cl. The topological polar surface area (TPSA) is 29.1 Å². The lowest BCUT2D eigenvalue weighted by molar-refractivity contribution is 0.253. The zero-order valence-corrected chi connectivity index (χ0v) is 8.75. The van der Waals surface area contributed by atoms with Gasteiger partial charge in [0.1, 0.15) is 0 Å². The van der Waals surface area contributed by atoms with E-state index in [-0.39, 0.29) is 16.7 Å². The van der Waals surface area contributed by atoms with E-state index in [0.29, 0.717) is 0 Å². The summed E-state index contributed by atoms with van der Waals surface area (Å²) in [6, 6.07) is 0.195. The fraction of sp³-hybridized carbons (Fsp3) is 0.875. The molecule has 0 spiro atoms. The molecule has 1 N–H and O–H groups in total. The first-order valence-corrected chi connectivity index (χ1v) is 5.88. The van der Waals surface area contributed by atoms with Gasteiger partial charge in [0.25, 0.3) is 5.24 Å². The van der Waals surface area contributed by atoms with E-state index in [2.05, 4.69) is 5.32 Å². The fourth-order valence-corrected chi connectivity index (χ4v) is 2.07. The third kappa shape index (κ3) is 2.87. The van der Waals surface area contributed by atoms with Gasteiger partial charge in [-0.25, -0.2) is 0 Å². The van der Waals surface area contributed by atoms with E-state index in [4.69, 9.17) is 11.6 Å². The zero-order chi connectivity index (χ0) is 8.97. The maximum atomic E-state index is 11.0. The third-order valence-corrected chi connectivity index (χ3v) is 3.18. The summed E-state index contributed by atoms with van der Waals surface area (Å²) in [5.41, 5.74) is 0. The minimum absolute atomic E-state index is 0.0348. The van der Waals surface area contributed by atoms with Gasteiger partial charge in [0.05, 0.1) is 5.38 Å². The van der Waals surface area contributed by atoms with Crippen molar-refractivity contribution in [3.63, 3.8) is 0 Å². The van der Waals surface area contributed by atoms with Crippen molar-refractivity contribution < 1.29 is 4.79 Å². The summed E-state index contributed by atoms with van der Waals surface area (Å²) < 4.78 is 0. The van der Waals surface area contributed by atoms with Crippen molar-refractivity contribution in [1.29, 1.82) is 0 Å². The van der Waals surface area contributed by atoms with Crippen LogP contribution in [0, 0.1) is 0 Å². The van der Waals surface area contributed by atoms with Crippen LogP contribution in [0.4, 0.5) is 4.79 Å². The fourth-order valence-electron chi connectivity index (χ4n) is 1.46. The average molecular weight is 208 g/mol. The molecule has 1 amide bonds. The molecule has 2 nitrogen and oxygen atoms in total. The molecule has 1 unspecified atom stereocenters. The Labute approximate surface area is 82.4 Å². The Morgan fingerprint density at radius 2 is 2.17 bits per heavy atom. The smallest absolute Gasteiger partial charge is 0.279 e. The van der Waals surface area contributed by atoms with Crippen molar-refractivity contribution >= 4 is 28.6 Å². The molecule has 1 fully saturated rings. The Balaban J connectivity index is 2.33. The first-order chi connectivity index (χ1) is 5.74. The van der Waals surface area contributed by atoms with Crippen molar-refractivity contribution in [3.8, 4) is 0 Å². The van der Waals surface area contributed by atoms with Gasteiger partial charge in [-0.2, -0.15) is 0 Å². The molecule has 0 aliphatic heterocycles. The maximum absolute atomic E-state index is 11.0. The molecular formula is C8H14ClNOS. The molecule has 12 heavy (non-hydrogen) atoms. The quantitative estimate of drug-likeness (QED) is 0.670. The number of amides is 1. The lowest BCUT2D eigenvalue weighted by atomic mass is 9.95. The largest absolute Gasteiger partial charge is 0.343 e. The number of carbonyl (C=O) groups excluding carboxylic acids is 1. The van der Waals surface area contributed by atoms with Crippen molar-refractivity contribution in [2.45, 2.75) is 37.1 Å². The predicted octanol–water partition coefficient (Wildman–Crippen LogP) is 2.61. The van der Waals surface area contributed by atoms with Crippen LogP contribution in [0.5, 0.6) is 0 Å². The molecule has 1 saturated carbocycles. The molecule has 0 heterocycles. The Bertz CT molecular complexity index is 165. The van der Waals surface area contributed by atoms with Crippen molar-refractivity contribution in [2.24, 2.45) is 0 Å². The van der Waals surface area contributed by atoms with Crippen LogP contribution in [0.25, 0.3) is 0 Å². The first-order valence-electron chi connectivity index (χ1n) is 4.22. The van der Waals surface area contributed by atoms with Gasteiger partial charge in [0.15, 0.2) is 0 Å².